The third-order valence-electron chi connectivity index (χ3n) is 4.86. The van der Waals surface area contributed by atoms with E-state index in [0.717, 1.165) is 0 Å². The number of carbonyl (C=O) groups is 2. The normalized spacial score (nSPS) is 14.0. The highest BCUT2D eigenvalue weighted by Crippen LogP contribution is 2.36. The van der Waals surface area contributed by atoms with E-state index < -0.39 is 24.2 Å². The van der Waals surface area contributed by atoms with Crippen LogP contribution in [-0.4, -0.2) is 41.8 Å². The average Bonchev–Trinajstić information content (AvgIpc) is 3.29. The third-order valence-corrected chi connectivity index (χ3v) is 5.36. The van der Waals surface area contributed by atoms with Gasteiger partial charge in [0.1, 0.15) is 5.75 Å². The Labute approximate surface area is 204 Å². The molecule has 2 aromatic carbocycles. The number of carbonyl (C=O) groups excluding carboxylic acids is 2. The number of nitrogens with one attached hydrogen (secondary N) is 2. The summed E-state index contributed by atoms with van der Waals surface area (Å²) in [6.07, 6.45) is 1.11. The second-order valence-corrected chi connectivity index (χ2v) is 8.09. The number of hydrogen-bond donors (Lipinski definition) is 4. The minimum absolute atomic E-state index is 0.0658. The van der Waals surface area contributed by atoms with Crippen LogP contribution in [0.2, 0.25) is 0 Å². The molecule has 1 aliphatic heterocycles. The Balaban J connectivity index is 1.80. The number of rotatable bonds is 10. The molecular formula is C23H25BrN2O8. The van der Waals surface area contributed by atoms with Crippen molar-refractivity contribution in [1.82, 2.24) is 5.48 Å². The van der Waals surface area contributed by atoms with Gasteiger partial charge in [-0.2, -0.15) is 0 Å². The molecule has 4 N–H and O–H groups in total. The van der Waals surface area contributed by atoms with E-state index in [4.69, 9.17) is 24.2 Å². The van der Waals surface area contributed by atoms with Gasteiger partial charge in [-0.15, -0.1) is 0 Å². The molecule has 182 valence electrons. The number of fused-ring (bicyclic) bond motifs is 1. The highest BCUT2D eigenvalue weighted by molar-refractivity contribution is 9.10. The largest absolute Gasteiger partial charge is 0.508 e. The average molecular weight is 537 g/mol. The summed E-state index contributed by atoms with van der Waals surface area (Å²) in [7, 11) is 0. The minimum atomic E-state index is -0.966. The molecule has 34 heavy (non-hydrogen) atoms. The maximum Gasteiger partial charge on any atom is 0.412 e. The van der Waals surface area contributed by atoms with E-state index in [1.807, 2.05) is 0 Å². The second-order valence-electron chi connectivity index (χ2n) is 7.17. The van der Waals surface area contributed by atoms with E-state index in [1.54, 1.807) is 43.3 Å². The zero-order chi connectivity index (χ0) is 24.5. The lowest BCUT2D eigenvalue weighted by Gasteiger charge is -2.28. The minimum Gasteiger partial charge on any atom is -0.508 e. The van der Waals surface area contributed by atoms with Gasteiger partial charge >= 0.3 is 6.09 Å². The number of benzene rings is 2. The van der Waals surface area contributed by atoms with Crippen LogP contribution in [0.25, 0.3) is 0 Å². The number of phenols is 1. The van der Waals surface area contributed by atoms with Crippen molar-refractivity contribution in [2.75, 3.05) is 18.7 Å². The summed E-state index contributed by atoms with van der Waals surface area (Å²) in [4.78, 5) is 24.0. The second kappa shape index (κ2) is 12.3. The molecule has 0 unspecified atom stereocenters. The van der Waals surface area contributed by atoms with Gasteiger partial charge in [0, 0.05) is 34.5 Å². The molecule has 1 aliphatic rings. The fourth-order valence-electron chi connectivity index (χ4n) is 3.35. The molecule has 11 heteroatoms. The summed E-state index contributed by atoms with van der Waals surface area (Å²) in [6, 6.07) is 9.74. The molecule has 1 heterocycles. The number of hydrogen-bond acceptors (Lipinski definition) is 8. The van der Waals surface area contributed by atoms with Gasteiger partial charge in [-0.1, -0.05) is 22.0 Å². The van der Waals surface area contributed by atoms with Gasteiger partial charge in [0.05, 0.1) is 6.10 Å². The van der Waals surface area contributed by atoms with Crippen LogP contribution in [0, 0.1) is 0 Å². The first-order valence-corrected chi connectivity index (χ1v) is 11.3. The van der Waals surface area contributed by atoms with Crippen LogP contribution < -0.4 is 20.3 Å². The van der Waals surface area contributed by atoms with Crippen molar-refractivity contribution in [3.8, 4) is 17.2 Å². The Morgan fingerprint density at radius 1 is 1.21 bits per heavy atom. The molecule has 10 nitrogen and oxygen atoms in total. The molecule has 0 aliphatic carbocycles. The van der Waals surface area contributed by atoms with Crippen LogP contribution in [0.3, 0.4) is 0 Å². The van der Waals surface area contributed by atoms with Crippen LogP contribution in [0.1, 0.15) is 31.4 Å². The summed E-state index contributed by atoms with van der Waals surface area (Å²) in [5, 5.41) is 21.8. The topological polar surface area (TPSA) is 136 Å². The molecular weight excluding hydrogens is 512 g/mol. The molecule has 3 rings (SSSR count). The highest BCUT2D eigenvalue weighted by atomic mass is 79.9. The quantitative estimate of drug-likeness (QED) is 0.199. The van der Waals surface area contributed by atoms with Crippen molar-refractivity contribution < 1.29 is 38.9 Å². The number of amides is 2. The molecule has 0 saturated heterocycles. The van der Waals surface area contributed by atoms with E-state index in [1.165, 1.54) is 17.6 Å². The third kappa shape index (κ3) is 6.86. The van der Waals surface area contributed by atoms with Gasteiger partial charge in [0.2, 0.25) is 6.79 Å². The van der Waals surface area contributed by atoms with Crippen LogP contribution in [0.5, 0.6) is 17.2 Å². The Morgan fingerprint density at radius 2 is 2.00 bits per heavy atom. The Kier molecular flexibility index (Phi) is 9.14. The van der Waals surface area contributed by atoms with Crippen molar-refractivity contribution >= 4 is 33.6 Å². The van der Waals surface area contributed by atoms with E-state index in [9.17, 15) is 14.7 Å². The number of aromatic hydroxyl groups is 1. The van der Waals surface area contributed by atoms with Crippen molar-refractivity contribution in [1.29, 1.82) is 0 Å². The zero-order valence-corrected chi connectivity index (χ0v) is 19.9. The lowest BCUT2D eigenvalue weighted by molar-refractivity contribution is -0.124. The fraction of sp³-hybridized carbons (Fsp3) is 0.304. The Bertz CT molecular complexity index is 1050. The molecule has 0 spiro atoms. The van der Waals surface area contributed by atoms with Gasteiger partial charge in [-0.25, -0.2) is 10.3 Å². The lowest BCUT2D eigenvalue weighted by Crippen LogP contribution is -2.29. The van der Waals surface area contributed by atoms with Gasteiger partial charge < -0.3 is 24.1 Å². The summed E-state index contributed by atoms with van der Waals surface area (Å²) < 4.78 is 22.9. The van der Waals surface area contributed by atoms with Gasteiger partial charge in [-0.3, -0.25) is 15.3 Å². The molecule has 0 fully saturated rings. The van der Waals surface area contributed by atoms with Crippen LogP contribution >= 0.6 is 15.9 Å². The van der Waals surface area contributed by atoms with Gasteiger partial charge in [-0.05, 0) is 50.1 Å². The van der Waals surface area contributed by atoms with E-state index in [-0.39, 0.29) is 12.5 Å². The number of allylic oxidation sites excluding steroid dienone is 1. The van der Waals surface area contributed by atoms with E-state index in [2.05, 4.69) is 21.2 Å². The molecule has 0 bridgehead atoms. The lowest BCUT2D eigenvalue weighted by atomic mass is 9.99. The summed E-state index contributed by atoms with van der Waals surface area (Å²) in [6.45, 7) is 2.23. The van der Waals surface area contributed by atoms with Crippen molar-refractivity contribution in [3.05, 3.63) is 58.6 Å². The predicted molar refractivity (Wildman–Crippen MR) is 125 cm³/mol. The number of hydroxylamine groups is 1. The number of ether oxygens (including phenoxy) is 4. The standard InChI is InChI=1S/C23H25BrN2O8/c1-2-31-19(5-3-4-6-21(28)26-30)22(16-11-14(24)7-9-17(16)27)34-23(29)25-15-8-10-18-20(12-15)33-13-32-18/h4,6-12,19,22,27,30H,2-3,5,13H2,1H3,(H,25,29)(H,26,28)/b6-4+/t19-,22-/m1/s1. The first-order chi connectivity index (χ1) is 16.4. The molecule has 0 radical (unpaired) electrons. The SMILES string of the molecule is CCO[C@H](CC/C=C/C(=O)NO)[C@H](OC(=O)Nc1ccc2c(c1)OCO2)c1cc(Br)ccc1O. The summed E-state index contributed by atoms with van der Waals surface area (Å²) in [5.74, 6) is 0.359. The first kappa shape index (κ1) is 25.3. The van der Waals surface area contributed by atoms with Crippen LogP contribution in [0.15, 0.2) is 53.0 Å². The van der Waals surface area contributed by atoms with Gasteiger partial charge in [0.15, 0.2) is 17.6 Å². The monoisotopic (exact) mass is 536 g/mol. The number of halogens is 1. The summed E-state index contributed by atoms with van der Waals surface area (Å²) >= 11 is 3.38. The maximum absolute atomic E-state index is 12.8. The first-order valence-electron chi connectivity index (χ1n) is 10.5. The molecule has 2 amide bonds. The Morgan fingerprint density at radius 3 is 2.76 bits per heavy atom. The van der Waals surface area contributed by atoms with Crippen LogP contribution in [0.4, 0.5) is 10.5 Å². The van der Waals surface area contributed by atoms with Crippen molar-refractivity contribution in [2.24, 2.45) is 0 Å². The Hall–Kier alpha value is -3.28. The highest BCUT2D eigenvalue weighted by Gasteiger charge is 2.30. The smallest absolute Gasteiger partial charge is 0.412 e. The maximum atomic E-state index is 12.8. The molecule has 2 aromatic rings. The van der Waals surface area contributed by atoms with Crippen molar-refractivity contribution in [2.45, 2.75) is 32.0 Å². The fourth-order valence-corrected chi connectivity index (χ4v) is 3.73. The zero-order valence-electron chi connectivity index (χ0n) is 18.3. The molecule has 0 saturated carbocycles. The summed E-state index contributed by atoms with van der Waals surface area (Å²) in [5.41, 5.74) is 2.31. The number of anilines is 1. The van der Waals surface area contributed by atoms with Crippen LogP contribution in [-0.2, 0) is 14.3 Å². The predicted octanol–water partition coefficient (Wildman–Crippen LogP) is 4.42. The van der Waals surface area contributed by atoms with E-state index >= 15 is 0 Å². The number of phenolic OH excluding ortho intramolecular Hbond substituents is 1. The van der Waals surface area contributed by atoms with Gasteiger partial charge in [0.25, 0.3) is 5.91 Å². The molecule has 2 atom stereocenters. The van der Waals surface area contributed by atoms with Crippen molar-refractivity contribution in [3.63, 3.8) is 0 Å². The van der Waals surface area contributed by atoms with E-state index in [0.29, 0.717) is 46.7 Å². The molecule has 0 aromatic heterocycles.